The fourth-order valence-corrected chi connectivity index (χ4v) is 1.83. The molecule has 13 heavy (non-hydrogen) atoms. The lowest BCUT2D eigenvalue weighted by molar-refractivity contribution is 0.0415. The molecule has 0 saturated carbocycles. The van der Waals surface area contributed by atoms with Crippen LogP contribution in [0.5, 0.6) is 0 Å². The second-order valence-corrected chi connectivity index (χ2v) is 5.66. The van der Waals surface area contributed by atoms with Gasteiger partial charge in [-0.25, -0.2) is 0 Å². The van der Waals surface area contributed by atoms with Crippen molar-refractivity contribution < 1.29 is 9.32 Å². The molecule has 0 aromatic rings. The molecule has 0 amide bonds. The van der Waals surface area contributed by atoms with Crippen LogP contribution in [-0.2, 0) is 10.8 Å². The molecule has 2 N–H and O–H groups in total. The lowest BCUT2D eigenvalue weighted by atomic mass is 10.0. The van der Waals surface area contributed by atoms with Crippen LogP contribution >= 0.6 is 0 Å². The van der Waals surface area contributed by atoms with Crippen molar-refractivity contribution in [3.63, 3.8) is 0 Å². The quantitative estimate of drug-likeness (QED) is 0.690. The van der Waals surface area contributed by atoms with E-state index in [1.54, 1.807) is 20.1 Å². The van der Waals surface area contributed by atoms with Gasteiger partial charge in [-0.15, -0.1) is 0 Å². The molecule has 0 bridgehead atoms. The van der Waals surface area contributed by atoms with E-state index in [0.29, 0.717) is 5.75 Å². The molecule has 0 aromatic heterocycles. The number of hydrogen-bond acceptors (Lipinski definition) is 3. The topological polar surface area (TPSA) is 49.3 Å². The Balaban J connectivity index is 3.92. The van der Waals surface area contributed by atoms with Gasteiger partial charge in [0.05, 0.1) is 5.60 Å². The molecule has 3 unspecified atom stereocenters. The first-order valence-corrected chi connectivity index (χ1v) is 6.24. The van der Waals surface area contributed by atoms with Crippen LogP contribution in [0.3, 0.4) is 0 Å². The molecule has 0 saturated heterocycles. The van der Waals surface area contributed by atoms with E-state index in [-0.39, 0.29) is 12.1 Å². The van der Waals surface area contributed by atoms with E-state index in [1.165, 1.54) is 0 Å². The highest BCUT2D eigenvalue weighted by molar-refractivity contribution is 7.84. The molecule has 0 fully saturated rings. The summed E-state index contributed by atoms with van der Waals surface area (Å²) in [4.78, 5) is 0. The highest BCUT2D eigenvalue weighted by Gasteiger charge is 2.23. The Labute approximate surface area is 83.4 Å². The average molecular weight is 207 g/mol. The van der Waals surface area contributed by atoms with Gasteiger partial charge in [0.25, 0.3) is 0 Å². The van der Waals surface area contributed by atoms with Crippen molar-refractivity contribution in [3.8, 4) is 0 Å². The molecule has 0 radical (unpaired) electrons. The predicted molar refractivity (Wildman–Crippen MR) is 57.3 cm³/mol. The summed E-state index contributed by atoms with van der Waals surface area (Å²) in [6, 6.07) is 0.179. The molecule has 0 rings (SSSR count). The third kappa shape index (κ3) is 6.18. The standard InChI is InChI=1S/C9H21NO2S/c1-7(6-13(5)12)10-8(2)9(3,4)11/h7-8,10-11H,6H2,1-5H3. The van der Waals surface area contributed by atoms with Crippen LogP contribution in [0, 0.1) is 0 Å². The third-order valence-electron chi connectivity index (χ3n) is 2.08. The Hall–Kier alpha value is 0.0700. The highest BCUT2D eigenvalue weighted by atomic mass is 32.2. The van der Waals surface area contributed by atoms with Crippen molar-refractivity contribution in [2.75, 3.05) is 12.0 Å². The van der Waals surface area contributed by atoms with E-state index < -0.39 is 16.4 Å². The van der Waals surface area contributed by atoms with Gasteiger partial charge < -0.3 is 10.4 Å². The second kappa shape index (κ2) is 5.08. The Bertz CT molecular complexity index is 177. The maximum absolute atomic E-state index is 10.9. The van der Waals surface area contributed by atoms with E-state index in [2.05, 4.69) is 5.32 Å². The Morgan fingerprint density at radius 2 is 1.92 bits per heavy atom. The van der Waals surface area contributed by atoms with Crippen molar-refractivity contribution >= 4 is 10.8 Å². The Kier molecular flexibility index (Phi) is 5.10. The molecular weight excluding hydrogens is 186 g/mol. The molecule has 0 aliphatic rings. The van der Waals surface area contributed by atoms with Crippen LogP contribution in [0.1, 0.15) is 27.7 Å². The largest absolute Gasteiger partial charge is 0.389 e. The minimum atomic E-state index is -0.783. The van der Waals surface area contributed by atoms with Crippen molar-refractivity contribution in [2.45, 2.75) is 45.4 Å². The summed E-state index contributed by atoms with van der Waals surface area (Å²) in [6.45, 7) is 7.43. The van der Waals surface area contributed by atoms with Gasteiger partial charge in [0.1, 0.15) is 0 Å². The smallest absolute Gasteiger partial charge is 0.0741 e. The Morgan fingerprint density at radius 1 is 1.46 bits per heavy atom. The molecule has 4 heteroatoms. The molecule has 0 aliphatic carbocycles. The summed E-state index contributed by atoms with van der Waals surface area (Å²) in [5.74, 6) is 0.625. The highest BCUT2D eigenvalue weighted by Crippen LogP contribution is 2.08. The minimum absolute atomic E-state index is 0.00560. The fraction of sp³-hybridized carbons (Fsp3) is 1.00. The lowest BCUT2D eigenvalue weighted by Crippen LogP contribution is -2.49. The van der Waals surface area contributed by atoms with Gasteiger partial charge in [-0.3, -0.25) is 4.21 Å². The summed E-state index contributed by atoms with van der Waals surface area (Å²) >= 11 is 0. The SMILES string of the molecule is CC(CS(C)=O)NC(C)C(C)(C)O. The number of rotatable bonds is 5. The van der Waals surface area contributed by atoms with Gasteiger partial charge in [-0.1, -0.05) is 0 Å². The third-order valence-corrected chi connectivity index (χ3v) is 3.05. The van der Waals surface area contributed by atoms with Crippen molar-refractivity contribution in [3.05, 3.63) is 0 Å². The molecule has 80 valence electrons. The molecule has 0 heterocycles. The zero-order valence-electron chi connectivity index (χ0n) is 9.13. The molecular formula is C9H21NO2S. The predicted octanol–water partition coefficient (Wildman–Crippen LogP) is 0.502. The monoisotopic (exact) mass is 207 g/mol. The number of nitrogens with one attached hydrogen (secondary N) is 1. The molecule has 3 atom stereocenters. The van der Waals surface area contributed by atoms with Crippen LogP contribution in [0.15, 0.2) is 0 Å². The summed E-state index contributed by atoms with van der Waals surface area (Å²) < 4.78 is 10.9. The van der Waals surface area contributed by atoms with Gasteiger partial charge in [-0.2, -0.15) is 0 Å². The molecule has 3 nitrogen and oxygen atoms in total. The lowest BCUT2D eigenvalue weighted by Gasteiger charge is -2.29. The first kappa shape index (κ1) is 13.1. The van der Waals surface area contributed by atoms with E-state index in [1.807, 2.05) is 13.8 Å². The summed E-state index contributed by atoms with van der Waals surface area (Å²) in [5.41, 5.74) is -0.733. The zero-order valence-corrected chi connectivity index (χ0v) is 9.94. The summed E-state index contributed by atoms with van der Waals surface area (Å²) in [6.07, 6.45) is 1.69. The zero-order chi connectivity index (χ0) is 10.6. The van der Waals surface area contributed by atoms with Crippen molar-refractivity contribution in [2.24, 2.45) is 0 Å². The summed E-state index contributed by atoms with van der Waals surface area (Å²) in [7, 11) is -0.783. The van der Waals surface area contributed by atoms with Crippen LogP contribution in [0.2, 0.25) is 0 Å². The molecule has 0 spiro atoms. The van der Waals surface area contributed by atoms with Gasteiger partial charge in [0.2, 0.25) is 0 Å². The van der Waals surface area contributed by atoms with Crippen molar-refractivity contribution in [1.82, 2.24) is 5.32 Å². The second-order valence-electron chi connectivity index (χ2n) is 4.18. The van der Waals surface area contributed by atoms with Crippen LogP contribution in [0.25, 0.3) is 0 Å². The fourth-order valence-electron chi connectivity index (χ4n) is 1.03. The molecule has 0 aromatic carbocycles. The van der Waals surface area contributed by atoms with Crippen LogP contribution in [0.4, 0.5) is 0 Å². The van der Waals surface area contributed by atoms with Gasteiger partial charge in [0.15, 0.2) is 0 Å². The van der Waals surface area contributed by atoms with Crippen LogP contribution < -0.4 is 5.32 Å². The van der Waals surface area contributed by atoms with Gasteiger partial charge in [0, 0.05) is 34.9 Å². The van der Waals surface area contributed by atoms with E-state index in [9.17, 15) is 9.32 Å². The maximum Gasteiger partial charge on any atom is 0.0741 e. The number of aliphatic hydroxyl groups is 1. The maximum atomic E-state index is 10.9. The number of hydrogen-bond donors (Lipinski definition) is 2. The van der Waals surface area contributed by atoms with Gasteiger partial charge in [-0.05, 0) is 27.7 Å². The normalized spacial score (nSPS) is 19.5. The van der Waals surface area contributed by atoms with Crippen LogP contribution in [-0.4, -0.2) is 39.0 Å². The van der Waals surface area contributed by atoms with E-state index in [0.717, 1.165) is 0 Å². The first-order valence-electron chi connectivity index (χ1n) is 4.52. The first-order chi connectivity index (χ1) is 5.73. The van der Waals surface area contributed by atoms with Gasteiger partial charge >= 0.3 is 0 Å². The van der Waals surface area contributed by atoms with E-state index >= 15 is 0 Å². The minimum Gasteiger partial charge on any atom is -0.389 e. The van der Waals surface area contributed by atoms with E-state index in [4.69, 9.17) is 0 Å². The molecule has 0 aliphatic heterocycles. The average Bonchev–Trinajstić information content (AvgIpc) is 1.82. The van der Waals surface area contributed by atoms with Crippen molar-refractivity contribution in [1.29, 1.82) is 0 Å². The summed E-state index contributed by atoms with van der Waals surface area (Å²) in [5, 5.41) is 12.8. The Morgan fingerprint density at radius 3 is 2.23 bits per heavy atom.